The molecule has 166 valence electrons. The van der Waals surface area contributed by atoms with E-state index in [1.165, 1.54) is 32.5 Å². The van der Waals surface area contributed by atoms with Gasteiger partial charge in [0.25, 0.3) is 0 Å². The molecule has 4 unspecified atom stereocenters. The van der Waals surface area contributed by atoms with Gasteiger partial charge in [-0.15, -0.1) is 0 Å². The van der Waals surface area contributed by atoms with Gasteiger partial charge >= 0.3 is 0 Å². The van der Waals surface area contributed by atoms with Crippen molar-refractivity contribution in [3.05, 3.63) is 35.9 Å². The summed E-state index contributed by atoms with van der Waals surface area (Å²) in [5.41, 5.74) is 5.97. The number of hydrogen-bond donors (Lipinski definition) is 3. The van der Waals surface area contributed by atoms with Gasteiger partial charge in [-0.1, -0.05) is 13.8 Å². The molecule has 4 atom stereocenters. The molecule has 0 spiro atoms. The number of likely N-dealkylation sites (tertiary alicyclic amines) is 1. The predicted octanol–water partition coefficient (Wildman–Crippen LogP) is 3.32. The van der Waals surface area contributed by atoms with Gasteiger partial charge in [-0.05, 0) is 67.7 Å². The highest BCUT2D eigenvalue weighted by Crippen LogP contribution is 2.28. The van der Waals surface area contributed by atoms with Crippen LogP contribution in [0.4, 0.5) is 8.78 Å². The number of nitrogens with zero attached hydrogens (tertiary/aromatic N) is 1. The molecule has 4 rings (SSSR count). The van der Waals surface area contributed by atoms with Crippen LogP contribution in [0.5, 0.6) is 0 Å². The Kier molecular flexibility index (Phi) is 10.9. The number of fused-ring (bicyclic) bond motifs is 1. The van der Waals surface area contributed by atoms with E-state index in [4.69, 9.17) is 10.5 Å². The number of rotatable bonds is 2. The van der Waals surface area contributed by atoms with Crippen LogP contribution < -0.4 is 11.1 Å². The Hall–Kier alpha value is -0.730. The zero-order valence-electron chi connectivity index (χ0n) is 17.7. The molecule has 3 saturated heterocycles. The normalized spacial score (nSPS) is 29.3. The molecule has 3 aliphatic rings. The summed E-state index contributed by atoms with van der Waals surface area (Å²) in [5.74, 6) is 1.79. The van der Waals surface area contributed by atoms with Crippen LogP contribution in [-0.2, 0) is 4.74 Å². The fraction of sp³-hybridized carbons (Fsp3) is 0.727. The van der Waals surface area contributed by atoms with Crippen LogP contribution in [0, 0.1) is 23.5 Å². The Labute approximate surface area is 180 Å². The molecule has 29 heavy (non-hydrogen) atoms. The lowest BCUT2D eigenvalue weighted by atomic mass is 9.94. The maximum atomic E-state index is 11.9. The van der Waals surface area contributed by atoms with E-state index >= 15 is 0 Å². The Balaban J connectivity index is 0.000000193. The minimum atomic E-state index is -0.411. The Morgan fingerprint density at radius 1 is 1.17 bits per heavy atom. The van der Waals surface area contributed by atoms with Crippen molar-refractivity contribution in [2.75, 3.05) is 38.6 Å². The van der Waals surface area contributed by atoms with Gasteiger partial charge < -0.3 is 15.8 Å². The van der Waals surface area contributed by atoms with Gasteiger partial charge in [-0.25, -0.2) is 8.78 Å². The van der Waals surface area contributed by atoms with Crippen LogP contribution in [0.25, 0.3) is 0 Å². The minimum Gasteiger partial charge on any atom is -0.378 e. The van der Waals surface area contributed by atoms with E-state index in [0.717, 1.165) is 67.5 Å². The van der Waals surface area contributed by atoms with E-state index in [2.05, 4.69) is 36.7 Å². The first-order chi connectivity index (χ1) is 13.9. The van der Waals surface area contributed by atoms with Gasteiger partial charge in [0.05, 0.1) is 13.2 Å². The van der Waals surface area contributed by atoms with Crippen molar-refractivity contribution >= 4 is 12.6 Å². The van der Waals surface area contributed by atoms with E-state index in [-0.39, 0.29) is 6.04 Å². The van der Waals surface area contributed by atoms with Gasteiger partial charge in [-0.2, -0.15) is 12.6 Å². The van der Waals surface area contributed by atoms with Crippen LogP contribution in [0.15, 0.2) is 24.3 Å². The predicted molar refractivity (Wildman–Crippen MR) is 118 cm³/mol. The second-order valence-electron chi connectivity index (χ2n) is 8.62. The van der Waals surface area contributed by atoms with Crippen LogP contribution in [0.3, 0.4) is 0 Å². The fourth-order valence-corrected chi connectivity index (χ4v) is 3.90. The van der Waals surface area contributed by atoms with Crippen molar-refractivity contribution < 1.29 is 13.5 Å². The zero-order valence-corrected chi connectivity index (χ0v) is 18.6. The Bertz CT molecular complexity index is 541. The molecule has 3 N–H and O–H groups in total. The first-order valence-electron chi connectivity index (χ1n) is 10.7. The number of nitrogens with one attached hydrogen (secondary N) is 1. The van der Waals surface area contributed by atoms with Crippen LogP contribution in [0.2, 0.25) is 0 Å². The zero-order chi connectivity index (χ0) is 21.2. The number of piperidine rings is 1. The molecule has 0 bridgehead atoms. The average Bonchev–Trinajstić information content (AvgIpc) is 3.15. The van der Waals surface area contributed by atoms with Gasteiger partial charge in [0.15, 0.2) is 0 Å². The molecule has 0 aliphatic carbocycles. The van der Waals surface area contributed by atoms with Crippen molar-refractivity contribution in [3.8, 4) is 0 Å². The third kappa shape index (κ3) is 8.89. The molecule has 1 aromatic carbocycles. The monoisotopic (exact) mass is 429 g/mol. The van der Waals surface area contributed by atoms with Crippen LogP contribution in [-0.4, -0.2) is 61.6 Å². The molecule has 4 nitrogen and oxygen atoms in total. The van der Waals surface area contributed by atoms with Crippen LogP contribution >= 0.6 is 12.6 Å². The fourth-order valence-electron chi connectivity index (χ4n) is 3.90. The number of benzene rings is 1. The summed E-state index contributed by atoms with van der Waals surface area (Å²) < 4.78 is 29.4. The molecular formula is C22H37F2N3OS. The molecule has 3 fully saturated rings. The minimum absolute atomic E-state index is 0.245. The Morgan fingerprint density at radius 3 is 2.31 bits per heavy atom. The molecule has 0 radical (unpaired) electrons. The molecule has 3 heterocycles. The quantitative estimate of drug-likeness (QED) is 0.632. The lowest BCUT2D eigenvalue weighted by molar-refractivity contribution is 0.0139. The van der Waals surface area contributed by atoms with Crippen molar-refractivity contribution in [1.82, 2.24) is 10.2 Å². The molecule has 0 saturated carbocycles. The SMILES string of the molecule is CC(C)CS.Fc1ccc(F)cc1.NC1COCC(N2CC3CCCNC3C2)C1. The van der Waals surface area contributed by atoms with Gasteiger partial charge in [0.1, 0.15) is 11.6 Å². The van der Waals surface area contributed by atoms with Crippen molar-refractivity contribution in [1.29, 1.82) is 0 Å². The number of ether oxygens (including phenoxy) is 1. The van der Waals surface area contributed by atoms with E-state index in [1.807, 2.05) is 0 Å². The van der Waals surface area contributed by atoms with E-state index < -0.39 is 11.6 Å². The van der Waals surface area contributed by atoms with E-state index in [0.29, 0.717) is 6.04 Å². The first kappa shape index (κ1) is 24.5. The molecule has 7 heteroatoms. The molecular weight excluding hydrogens is 392 g/mol. The van der Waals surface area contributed by atoms with Crippen molar-refractivity contribution in [2.45, 2.75) is 51.2 Å². The van der Waals surface area contributed by atoms with Crippen LogP contribution in [0.1, 0.15) is 33.1 Å². The highest BCUT2D eigenvalue weighted by atomic mass is 32.1. The van der Waals surface area contributed by atoms with Gasteiger partial charge in [0.2, 0.25) is 0 Å². The van der Waals surface area contributed by atoms with Crippen molar-refractivity contribution in [2.24, 2.45) is 17.6 Å². The average molecular weight is 430 g/mol. The summed E-state index contributed by atoms with van der Waals surface area (Å²) in [6, 6.07) is 5.85. The molecule has 3 aliphatic heterocycles. The van der Waals surface area contributed by atoms with Gasteiger partial charge in [0, 0.05) is 31.2 Å². The number of nitrogens with two attached hydrogens (primary N) is 1. The molecule has 0 amide bonds. The number of thiol groups is 1. The summed E-state index contributed by atoms with van der Waals surface area (Å²) in [4.78, 5) is 2.60. The largest absolute Gasteiger partial charge is 0.378 e. The third-order valence-electron chi connectivity index (χ3n) is 5.53. The summed E-state index contributed by atoms with van der Waals surface area (Å²) in [5, 5.41) is 3.65. The smallest absolute Gasteiger partial charge is 0.123 e. The van der Waals surface area contributed by atoms with Crippen molar-refractivity contribution in [3.63, 3.8) is 0 Å². The van der Waals surface area contributed by atoms with E-state index in [1.54, 1.807) is 0 Å². The highest BCUT2D eigenvalue weighted by molar-refractivity contribution is 7.80. The number of halogens is 2. The lowest BCUT2D eigenvalue weighted by Gasteiger charge is -2.33. The summed E-state index contributed by atoms with van der Waals surface area (Å²) in [6.07, 6.45) is 3.85. The lowest BCUT2D eigenvalue weighted by Crippen LogP contribution is -2.48. The Morgan fingerprint density at radius 2 is 1.79 bits per heavy atom. The summed E-state index contributed by atoms with van der Waals surface area (Å²) in [6.45, 7) is 9.57. The molecule has 0 aromatic heterocycles. The topological polar surface area (TPSA) is 50.5 Å². The maximum absolute atomic E-state index is 11.9. The molecule has 1 aromatic rings. The highest BCUT2D eigenvalue weighted by Gasteiger charge is 2.38. The number of hydrogen-bond acceptors (Lipinski definition) is 5. The standard InChI is InChI=1S/C12H23N3O.C6H4F2.C4H10S/c13-10-4-11(8-16-7-10)15-5-9-2-1-3-14-12(9)6-15;7-5-1-2-6(8)4-3-5;1-4(2)3-5/h9-12,14H,1-8,13H2;1-4H;4-5H,3H2,1-2H3. The van der Waals surface area contributed by atoms with Gasteiger partial charge in [-0.3, -0.25) is 4.90 Å². The van der Waals surface area contributed by atoms with E-state index in [9.17, 15) is 8.78 Å². The second-order valence-corrected chi connectivity index (χ2v) is 8.98. The third-order valence-corrected chi connectivity index (χ3v) is 6.26. The maximum Gasteiger partial charge on any atom is 0.123 e. The summed E-state index contributed by atoms with van der Waals surface area (Å²) in [7, 11) is 0. The summed E-state index contributed by atoms with van der Waals surface area (Å²) >= 11 is 4.02. The first-order valence-corrected chi connectivity index (χ1v) is 11.3. The second kappa shape index (κ2) is 12.8.